The Labute approximate surface area is 200 Å². The van der Waals surface area contributed by atoms with Gasteiger partial charge in [-0.05, 0) is 48.6 Å². The molecule has 1 saturated carbocycles. The number of nitrogens with one attached hydrogen (secondary N) is 1. The monoisotopic (exact) mass is 457 g/mol. The normalized spacial score (nSPS) is 15.1. The van der Waals surface area contributed by atoms with Gasteiger partial charge in [-0.1, -0.05) is 62.1 Å². The maximum Gasteiger partial charge on any atom is 0.311 e. The average Bonchev–Trinajstić information content (AvgIpc) is 3.35. The zero-order valence-corrected chi connectivity index (χ0v) is 19.3. The van der Waals surface area contributed by atoms with E-state index in [0.29, 0.717) is 6.61 Å². The summed E-state index contributed by atoms with van der Waals surface area (Å²) >= 11 is 0. The van der Waals surface area contributed by atoms with E-state index in [0.717, 1.165) is 53.6 Å². The van der Waals surface area contributed by atoms with Crippen molar-refractivity contribution in [3.8, 4) is 5.75 Å². The number of nitrogens with zero attached hydrogens (tertiary/aromatic N) is 2. The lowest BCUT2D eigenvalue weighted by Gasteiger charge is -2.23. The van der Waals surface area contributed by atoms with Crippen molar-refractivity contribution in [2.24, 2.45) is 5.92 Å². The molecule has 5 rings (SSSR count). The molecule has 6 heteroatoms. The molecule has 2 heterocycles. The minimum atomic E-state index is -0.717. The summed E-state index contributed by atoms with van der Waals surface area (Å²) in [6, 6.07) is 19.6. The van der Waals surface area contributed by atoms with Crippen LogP contribution in [0.15, 0.2) is 79.4 Å². The number of aromatic nitrogens is 3. The number of hydrogen-bond donors (Lipinski definition) is 2. The van der Waals surface area contributed by atoms with E-state index in [2.05, 4.69) is 15.0 Å². The lowest BCUT2D eigenvalue weighted by molar-refractivity contribution is -0.140. The molecule has 0 aliphatic heterocycles. The summed E-state index contributed by atoms with van der Waals surface area (Å²) in [7, 11) is 0. The lowest BCUT2D eigenvalue weighted by atomic mass is 9.81. The van der Waals surface area contributed by atoms with Gasteiger partial charge in [-0.25, -0.2) is 9.97 Å². The number of carbonyl (C=O) groups is 1. The number of carboxylic acids is 1. The van der Waals surface area contributed by atoms with Crippen LogP contribution in [0, 0.1) is 5.92 Å². The van der Waals surface area contributed by atoms with Crippen LogP contribution in [0.1, 0.15) is 55.7 Å². The third kappa shape index (κ3) is 6.44. The summed E-state index contributed by atoms with van der Waals surface area (Å²) in [4.78, 5) is 23.0. The van der Waals surface area contributed by atoms with Crippen LogP contribution in [-0.2, 0) is 11.4 Å². The topological polar surface area (TPSA) is 88.1 Å². The second kappa shape index (κ2) is 12.0. The van der Waals surface area contributed by atoms with Gasteiger partial charge in [-0.2, -0.15) is 0 Å². The Morgan fingerprint density at radius 1 is 1.00 bits per heavy atom. The standard InChI is InChI=1S/C25H27NO3.C3H4N2/c27-25(28)24(19-8-3-1-2-4-9-19)20-12-15-22(16-13-20)29-17-21-14-11-18-7-5-6-10-23(18)26-21;1-2-5-3-4-1/h5-7,10-16,19,24H,1-4,8-9,17H2,(H,27,28);1-3H,(H,4,5). The van der Waals surface area contributed by atoms with Crippen molar-refractivity contribution in [2.45, 2.75) is 51.0 Å². The highest BCUT2D eigenvalue weighted by atomic mass is 16.5. The highest BCUT2D eigenvalue weighted by Crippen LogP contribution is 2.36. The molecular weight excluding hydrogens is 426 g/mol. The highest BCUT2D eigenvalue weighted by molar-refractivity contribution is 5.78. The summed E-state index contributed by atoms with van der Waals surface area (Å²) in [5.74, 6) is -0.187. The molecule has 0 bridgehead atoms. The Balaban J connectivity index is 0.000000486. The predicted octanol–water partition coefficient (Wildman–Crippen LogP) is 6.36. The van der Waals surface area contributed by atoms with Gasteiger partial charge < -0.3 is 14.8 Å². The van der Waals surface area contributed by atoms with Gasteiger partial charge in [-0.15, -0.1) is 0 Å². The highest BCUT2D eigenvalue weighted by Gasteiger charge is 2.30. The summed E-state index contributed by atoms with van der Waals surface area (Å²) in [6.07, 6.45) is 11.8. The van der Waals surface area contributed by atoms with Gasteiger partial charge in [0.2, 0.25) is 0 Å². The third-order valence-electron chi connectivity index (χ3n) is 6.33. The molecule has 0 saturated heterocycles. The Morgan fingerprint density at radius 2 is 1.76 bits per heavy atom. The van der Waals surface area contributed by atoms with Gasteiger partial charge in [-0.3, -0.25) is 4.79 Å². The molecule has 2 aromatic heterocycles. The van der Waals surface area contributed by atoms with Gasteiger partial charge in [0, 0.05) is 17.8 Å². The molecule has 0 amide bonds. The van der Waals surface area contributed by atoms with Crippen molar-refractivity contribution in [3.05, 3.63) is 90.6 Å². The summed E-state index contributed by atoms with van der Waals surface area (Å²) in [5.41, 5.74) is 2.70. The number of benzene rings is 2. The van der Waals surface area contributed by atoms with E-state index in [1.165, 1.54) is 12.8 Å². The maximum atomic E-state index is 12.0. The number of para-hydroxylation sites is 1. The summed E-state index contributed by atoms with van der Waals surface area (Å²) < 4.78 is 5.89. The largest absolute Gasteiger partial charge is 0.487 e. The molecule has 2 aromatic carbocycles. The van der Waals surface area contributed by atoms with Gasteiger partial charge in [0.05, 0.1) is 23.5 Å². The van der Waals surface area contributed by atoms with Gasteiger partial charge in [0.15, 0.2) is 0 Å². The van der Waals surface area contributed by atoms with E-state index in [1.54, 1.807) is 18.7 Å². The number of hydrogen-bond acceptors (Lipinski definition) is 4. The number of imidazole rings is 1. The molecule has 1 aliphatic carbocycles. The maximum absolute atomic E-state index is 12.0. The number of rotatable bonds is 6. The van der Waals surface area contributed by atoms with Crippen molar-refractivity contribution in [3.63, 3.8) is 0 Å². The summed E-state index contributed by atoms with van der Waals surface area (Å²) in [6.45, 7) is 0.384. The molecule has 2 N–H and O–H groups in total. The smallest absolute Gasteiger partial charge is 0.311 e. The minimum absolute atomic E-state index is 0.226. The van der Waals surface area contributed by atoms with Crippen molar-refractivity contribution in [2.75, 3.05) is 0 Å². The van der Waals surface area contributed by atoms with E-state index >= 15 is 0 Å². The van der Waals surface area contributed by atoms with Crippen LogP contribution >= 0.6 is 0 Å². The molecule has 0 spiro atoms. The van der Waals surface area contributed by atoms with Gasteiger partial charge in [0.1, 0.15) is 12.4 Å². The molecule has 1 aliphatic rings. The Morgan fingerprint density at radius 3 is 2.41 bits per heavy atom. The van der Waals surface area contributed by atoms with E-state index in [9.17, 15) is 9.90 Å². The quantitative estimate of drug-likeness (QED) is 0.329. The molecule has 176 valence electrons. The zero-order chi connectivity index (χ0) is 23.6. The van der Waals surface area contributed by atoms with E-state index < -0.39 is 11.9 Å². The van der Waals surface area contributed by atoms with Crippen molar-refractivity contribution >= 4 is 16.9 Å². The first kappa shape index (κ1) is 23.5. The molecular formula is C28H31N3O3. The van der Waals surface area contributed by atoms with Crippen molar-refractivity contribution in [1.82, 2.24) is 15.0 Å². The number of ether oxygens (including phenoxy) is 1. The van der Waals surface area contributed by atoms with Crippen LogP contribution in [0.2, 0.25) is 0 Å². The van der Waals surface area contributed by atoms with Crippen LogP contribution in [0.4, 0.5) is 0 Å². The first-order valence-electron chi connectivity index (χ1n) is 11.9. The number of aliphatic carboxylic acids is 1. The van der Waals surface area contributed by atoms with E-state index in [4.69, 9.17) is 4.74 Å². The number of H-pyrrole nitrogens is 1. The fourth-order valence-electron chi connectivity index (χ4n) is 4.59. The Hall–Kier alpha value is -3.67. The van der Waals surface area contributed by atoms with Crippen LogP contribution in [0.3, 0.4) is 0 Å². The Kier molecular flexibility index (Phi) is 8.27. The van der Waals surface area contributed by atoms with Crippen LogP contribution in [0.5, 0.6) is 5.75 Å². The lowest BCUT2D eigenvalue weighted by Crippen LogP contribution is -2.21. The molecule has 1 unspecified atom stereocenters. The fourth-order valence-corrected chi connectivity index (χ4v) is 4.59. The number of fused-ring (bicyclic) bond motifs is 1. The van der Waals surface area contributed by atoms with Crippen LogP contribution < -0.4 is 4.74 Å². The minimum Gasteiger partial charge on any atom is -0.487 e. The van der Waals surface area contributed by atoms with Crippen LogP contribution in [0.25, 0.3) is 10.9 Å². The van der Waals surface area contributed by atoms with Crippen LogP contribution in [-0.4, -0.2) is 26.0 Å². The average molecular weight is 458 g/mol. The number of carboxylic acid groups (broad SMARTS) is 1. The van der Waals surface area contributed by atoms with E-state index in [-0.39, 0.29) is 5.92 Å². The predicted molar refractivity (Wildman–Crippen MR) is 133 cm³/mol. The SMILES string of the molecule is O=C(O)C(c1ccc(OCc2ccc3ccccc3n2)cc1)C1CCCCCC1.c1c[nH]cn1. The summed E-state index contributed by atoms with van der Waals surface area (Å²) in [5, 5.41) is 10.9. The first-order valence-corrected chi connectivity index (χ1v) is 11.9. The molecule has 6 nitrogen and oxygen atoms in total. The molecule has 1 atom stereocenters. The van der Waals surface area contributed by atoms with Crippen molar-refractivity contribution in [1.29, 1.82) is 0 Å². The van der Waals surface area contributed by atoms with Gasteiger partial charge in [0.25, 0.3) is 0 Å². The molecule has 34 heavy (non-hydrogen) atoms. The number of pyridine rings is 1. The Bertz CT molecular complexity index is 1130. The molecule has 1 fully saturated rings. The van der Waals surface area contributed by atoms with E-state index in [1.807, 2.05) is 60.7 Å². The first-order chi connectivity index (χ1) is 16.7. The second-order valence-corrected chi connectivity index (χ2v) is 8.68. The van der Waals surface area contributed by atoms with Crippen molar-refractivity contribution < 1.29 is 14.6 Å². The fraction of sp³-hybridized carbons (Fsp3) is 0.321. The third-order valence-corrected chi connectivity index (χ3v) is 6.33. The zero-order valence-electron chi connectivity index (χ0n) is 19.3. The number of aromatic amines is 1. The van der Waals surface area contributed by atoms with Gasteiger partial charge >= 0.3 is 5.97 Å². The second-order valence-electron chi connectivity index (χ2n) is 8.68. The molecule has 4 aromatic rings. The molecule has 0 radical (unpaired) electrons.